The molecule has 3 rings (SSSR count). The predicted molar refractivity (Wildman–Crippen MR) is 99.9 cm³/mol. The molecule has 0 saturated heterocycles. The molecular weight excluding hydrogens is 298 g/mol. The van der Waals surface area contributed by atoms with Crippen molar-refractivity contribution in [3.05, 3.63) is 47.0 Å². The summed E-state index contributed by atoms with van der Waals surface area (Å²) >= 11 is 0. The van der Waals surface area contributed by atoms with E-state index in [1.54, 1.807) is 19.1 Å². The number of carbonyl (C=O) groups excluding carboxylic acids is 1. The van der Waals surface area contributed by atoms with Crippen molar-refractivity contribution in [1.29, 1.82) is 0 Å². The average Bonchev–Trinajstić information content (AvgIpc) is 2.56. The highest BCUT2D eigenvalue weighted by molar-refractivity contribution is 6.41. The first-order valence-corrected chi connectivity index (χ1v) is 8.13. The lowest BCUT2D eigenvalue weighted by Crippen LogP contribution is -2.36. The van der Waals surface area contributed by atoms with Crippen molar-refractivity contribution in [2.24, 2.45) is 0 Å². The largest absolute Gasteiger partial charge is 0.502 e. The van der Waals surface area contributed by atoms with Crippen molar-refractivity contribution in [1.82, 2.24) is 0 Å². The van der Waals surface area contributed by atoms with Crippen LogP contribution in [0.1, 0.15) is 42.3 Å². The van der Waals surface area contributed by atoms with Crippen LogP contribution in [0, 0.1) is 6.92 Å². The molecule has 1 aliphatic heterocycles. The van der Waals surface area contributed by atoms with E-state index in [1.165, 1.54) is 0 Å². The van der Waals surface area contributed by atoms with Crippen molar-refractivity contribution < 1.29 is 14.3 Å². The van der Waals surface area contributed by atoms with E-state index >= 15 is 0 Å². The first-order valence-electron chi connectivity index (χ1n) is 8.13. The molecule has 1 heterocycles. The van der Waals surface area contributed by atoms with Crippen LogP contribution in [0.5, 0.6) is 5.75 Å². The minimum Gasteiger partial charge on any atom is -0.502 e. The maximum Gasteiger partial charge on any atom is 0.339 e. The Balaban J connectivity index is 0.00000100. The average molecular weight is 318 g/mol. The molecule has 0 bridgehead atoms. The molecule has 24 heavy (non-hydrogen) atoms. The molecule has 0 saturated carbocycles. The van der Waals surface area contributed by atoms with Crippen molar-refractivity contribution in [2.75, 3.05) is 6.61 Å². The van der Waals surface area contributed by atoms with Gasteiger partial charge in [-0.05, 0) is 19.4 Å². The fourth-order valence-electron chi connectivity index (χ4n) is 2.75. The van der Waals surface area contributed by atoms with Crippen LogP contribution in [0.4, 0.5) is 0 Å². The number of ether oxygens (including phenoxy) is 2. The molecule has 0 amide bonds. The minimum absolute atomic E-state index is 0.324. The molecule has 120 valence electrons. The van der Waals surface area contributed by atoms with E-state index in [0.29, 0.717) is 17.9 Å². The maximum atomic E-state index is 12.4. The van der Waals surface area contributed by atoms with Gasteiger partial charge in [0.05, 0.1) is 12.2 Å². The second kappa shape index (κ2) is 7.16. The quantitative estimate of drug-likeness (QED) is 0.625. The third kappa shape index (κ3) is 3.21. The van der Waals surface area contributed by atoms with Crippen molar-refractivity contribution in [2.45, 2.75) is 33.1 Å². The highest BCUT2D eigenvalue weighted by Crippen LogP contribution is 2.40. The molecule has 0 unspecified atom stereocenters. The number of benzene rings is 2. The van der Waals surface area contributed by atoms with Gasteiger partial charge in [-0.3, -0.25) is 0 Å². The smallest absolute Gasteiger partial charge is 0.339 e. The van der Waals surface area contributed by atoms with E-state index in [9.17, 15) is 4.79 Å². The Morgan fingerprint density at radius 2 is 1.83 bits per heavy atom. The minimum atomic E-state index is -1.35. The summed E-state index contributed by atoms with van der Waals surface area (Å²) in [5, 5.41) is 0.201. The Labute approximate surface area is 145 Å². The molecule has 0 spiro atoms. The van der Waals surface area contributed by atoms with Crippen LogP contribution in [-0.2, 0) is 4.74 Å². The number of hydrogen-bond donors (Lipinski definition) is 0. The van der Waals surface area contributed by atoms with Gasteiger partial charge in [0.2, 0.25) is 0 Å². The lowest BCUT2D eigenvalue weighted by atomic mass is 9.64. The third-order valence-electron chi connectivity index (χ3n) is 3.73. The topological polar surface area (TPSA) is 35.5 Å². The van der Waals surface area contributed by atoms with Crippen LogP contribution in [0.15, 0.2) is 30.3 Å². The van der Waals surface area contributed by atoms with Gasteiger partial charge in [-0.2, -0.15) is 0 Å². The highest BCUT2D eigenvalue weighted by Gasteiger charge is 2.27. The summed E-state index contributed by atoms with van der Waals surface area (Å²) in [6.07, 6.45) is 3.37. The van der Waals surface area contributed by atoms with E-state index in [4.69, 9.17) is 25.2 Å². The van der Waals surface area contributed by atoms with E-state index < -0.39 is 5.40 Å². The zero-order valence-corrected chi connectivity index (χ0v) is 14.6. The fraction of sp³-hybridized carbons (Fsp3) is 0.316. The Hall–Kier alpha value is -2.16. The molecule has 2 aromatic rings. The second-order valence-electron chi connectivity index (χ2n) is 5.30. The molecule has 4 radical (unpaired) electrons. The third-order valence-corrected chi connectivity index (χ3v) is 3.73. The van der Waals surface area contributed by atoms with Crippen molar-refractivity contribution in [3.8, 4) is 5.75 Å². The van der Waals surface area contributed by atoms with E-state index in [-0.39, 0.29) is 5.97 Å². The summed E-state index contributed by atoms with van der Waals surface area (Å²) in [7, 11) is 11.7. The molecule has 0 fully saturated rings. The summed E-state index contributed by atoms with van der Waals surface area (Å²) in [4.78, 5) is 12.4. The molecule has 2 aromatic carbocycles. The summed E-state index contributed by atoms with van der Waals surface area (Å²) in [5.74, 6) is 0.249. The van der Waals surface area contributed by atoms with Crippen LogP contribution in [0.25, 0.3) is 16.8 Å². The van der Waals surface area contributed by atoms with Gasteiger partial charge in [-0.25, -0.2) is 4.79 Å². The molecular formula is C19H20B2O3. The Bertz CT molecular complexity index is 795. The Morgan fingerprint density at radius 3 is 2.46 bits per heavy atom. The first-order chi connectivity index (χ1) is 11.4. The van der Waals surface area contributed by atoms with Gasteiger partial charge in [0.1, 0.15) is 21.4 Å². The van der Waals surface area contributed by atoms with Gasteiger partial charge in [0.15, 0.2) is 0 Å². The van der Waals surface area contributed by atoms with Gasteiger partial charge in [0, 0.05) is 21.7 Å². The van der Waals surface area contributed by atoms with Crippen LogP contribution < -0.4 is 4.74 Å². The van der Waals surface area contributed by atoms with Gasteiger partial charge >= 0.3 is 5.97 Å². The predicted octanol–water partition coefficient (Wildman–Crippen LogP) is 3.75. The van der Waals surface area contributed by atoms with Gasteiger partial charge in [0.25, 0.3) is 0 Å². The summed E-state index contributed by atoms with van der Waals surface area (Å²) in [5.41, 5.74) is 2.14. The monoisotopic (exact) mass is 318 g/mol. The van der Waals surface area contributed by atoms with Crippen molar-refractivity contribution >= 4 is 38.5 Å². The zero-order valence-electron chi connectivity index (χ0n) is 14.6. The first kappa shape index (κ1) is 18.2. The summed E-state index contributed by atoms with van der Waals surface area (Å²) < 4.78 is 10.9. The molecule has 0 N–H and O–H groups in total. The van der Waals surface area contributed by atoms with Crippen LogP contribution >= 0.6 is 0 Å². The van der Waals surface area contributed by atoms with Crippen LogP contribution in [0.2, 0.25) is 0 Å². The second-order valence-corrected chi connectivity index (χ2v) is 5.30. The SMILES string of the molecule is CC.[B]C1([B])C=Cc2c(C)c(C(=O)OCC)c3ccccc3c2O1. The summed E-state index contributed by atoms with van der Waals surface area (Å²) in [6, 6.07) is 7.49. The van der Waals surface area contributed by atoms with E-state index in [1.807, 2.05) is 45.0 Å². The standard InChI is InChI=1S/C17H14B2O3.C2H6/c1-3-21-16(20)14-10(2)11-8-9-17(18,19)22-15(11)13-7-5-4-6-12(13)14;1-2/h4-9H,3H2,1-2H3;1-2H3. The van der Waals surface area contributed by atoms with Crippen LogP contribution in [-0.4, -0.2) is 33.7 Å². The molecule has 0 aromatic heterocycles. The lowest BCUT2D eigenvalue weighted by molar-refractivity contribution is 0.0528. The van der Waals surface area contributed by atoms with Crippen LogP contribution in [0.3, 0.4) is 0 Å². The maximum absolute atomic E-state index is 12.4. The molecule has 3 nitrogen and oxygen atoms in total. The molecule has 5 heteroatoms. The number of hydrogen-bond acceptors (Lipinski definition) is 3. The molecule has 0 aliphatic carbocycles. The van der Waals surface area contributed by atoms with E-state index in [2.05, 4.69) is 0 Å². The highest BCUT2D eigenvalue weighted by atomic mass is 16.5. The van der Waals surface area contributed by atoms with E-state index in [0.717, 1.165) is 21.9 Å². The summed E-state index contributed by atoms with van der Waals surface area (Å²) in [6.45, 7) is 7.98. The Morgan fingerprint density at radius 1 is 1.21 bits per heavy atom. The zero-order chi connectivity index (χ0) is 17.9. The lowest BCUT2D eigenvalue weighted by Gasteiger charge is -2.31. The normalized spacial score (nSPS) is 14.2. The molecule has 0 atom stereocenters. The number of rotatable bonds is 2. The van der Waals surface area contributed by atoms with Gasteiger partial charge in [-0.1, -0.05) is 50.3 Å². The number of carbonyl (C=O) groups is 1. The molecule has 1 aliphatic rings. The fourth-order valence-corrected chi connectivity index (χ4v) is 2.75. The van der Waals surface area contributed by atoms with Gasteiger partial charge in [-0.15, -0.1) is 0 Å². The number of esters is 1. The number of fused-ring (bicyclic) bond motifs is 3. The Kier molecular flexibility index (Phi) is 5.43. The van der Waals surface area contributed by atoms with Crippen molar-refractivity contribution in [3.63, 3.8) is 0 Å². The van der Waals surface area contributed by atoms with Gasteiger partial charge < -0.3 is 9.47 Å².